The SMILES string of the molecule is COc1ccccc1CCCCC(N1CCC(=O)N1)C(F)(F)F. The van der Waals surface area contributed by atoms with Crippen molar-refractivity contribution in [3.8, 4) is 5.75 Å². The molecule has 1 N–H and O–H groups in total. The average molecular weight is 330 g/mol. The Kier molecular flexibility index (Phi) is 5.87. The van der Waals surface area contributed by atoms with E-state index in [9.17, 15) is 18.0 Å². The minimum absolute atomic E-state index is 0.0288. The summed E-state index contributed by atoms with van der Waals surface area (Å²) in [5.74, 6) is 0.403. The fourth-order valence-electron chi connectivity index (χ4n) is 2.79. The number of methoxy groups -OCH3 is 1. The quantitative estimate of drug-likeness (QED) is 0.781. The summed E-state index contributed by atoms with van der Waals surface area (Å²) in [5, 5.41) is 1.02. The van der Waals surface area contributed by atoms with Crippen LogP contribution < -0.4 is 10.2 Å². The molecule has 1 aromatic rings. The van der Waals surface area contributed by atoms with Crippen LogP contribution in [0.4, 0.5) is 13.2 Å². The van der Waals surface area contributed by atoms with Gasteiger partial charge in [-0.05, 0) is 30.9 Å². The summed E-state index contributed by atoms with van der Waals surface area (Å²) in [6.45, 7) is 0.107. The molecule has 0 aromatic heterocycles. The van der Waals surface area contributed by atoms with Crippen LogP contribution in [0, 0.1) is 0 Å². The van der Waals surface area contributed by atoms with E-state index in [1.165, 1.54) is 0 Å². The number of benzene rings is 1. The van der Waals surface area contributed by atoms with Crippen LogP contribution >= 0.6 is 0 Å². The zero-order valence-corrected chi connectivity index (χ0v) is 13.0. The van der Waals surface area contributed by atoms with Crippen LogP contribution in [0.5, 0.6) is 5.75 Å². The van der Waals surface area contributed by atoms with Crippen LogP contribution in [0.2, 0.25) is 0 Å². The molecule has 0 aliphatic carbocycles. The third-order valence-corrected chi connectivity index (χ3v) is 3.97. The van der Waals surface area contributed by atoms with Gasteiger partial charge in [0.2, 0.25) is 5.91 Å². The summed E-state index contributed by atoms with van der Waals surface area (Å²) < 4.78 is 44.7. The number of amides is 1. The molecule has 1 aromatic carbocycles. The molecule has 1 atom stereocenters. The smallest absolute Gasteiger partial charge is 0.405 e. The number of nitrogens with one attached hydrogen (secondary N) is 1. The van der Waals surface area contributed by atoms with Crippen LogP contribution in [0.3, 0.4) is 0 Å². The number of unbranched alkanes of at least 4 members (excludes halogenated alkanes) is 1. The number of hydrogen-bond donors (Lipinski definition) is 1. The number of nitrogens with zero attached hydrogens (tertiary/aromatic N) is 1. The average Bonchev–Trinajstić information content (AvgIpc) is 2.92. The lowest BCUT2D eigenvalue weighted by Crippen LogP contribution is -2.49. The van der Waals surface area contributed by atoms with E-state index < -0.39 is 12.2 Å². The van der Waals surface area contributed by atoms with E-state index in [1.807, 2.05) is 24.3 Å². The number of halogens is 3. The Balaban J connectivity index is 1.86. The highest BCUT2D eigenvalue weighted by atomic mass is 19.4. The van der Waals surface area contributed by atoms with Crippen LogP contribution in [0.25, 0.3) is 0 Å². The van der Waals surface area contributed by atoms with Crippen LogP contribution in [0.1, 0.15) is 31.2 Å². The Hall–Kier alpha value is -1.76. The number of aryl methyl sites for hydroxylation is 1. The standard InChI is InChI=1S/C16H21F3N2O2/c1-23-13-8-4-2-6-12(13)7-3-5-9-14(16(17,18)19)21-11-10-15(22)20-21/h2,4,6,8,14H,3,5,7,9-11H2,1H3,(H,20,22). The molecule has 1 saturated heterocycles. The predicted octanol–water partition coefficient (Wildman–Crippen LogP) is 3.08. The Morgan fingerprint density at radius 3 is 2.65 bits per heavy atom. The lowest BCUT2D eigenvalue weighted by Gasteiger charge is -2.28. The molecule has 0 spiro atoms. The Morgan fingerprint density at radius 2 is 2.04 bits per heavy atom. The molecular weight excluding hydrogens is 309 g/mol. The van der Waals surface area contributed by atoms with E-state index in [-0.39, 0.29) is 25.3 Å². The van der Waals surface area contributed by atoms with Crippen molar-refractivity contribution in [2.75, 3.05) is 13.7 Å². The molecule has 0 saturated carbocycles. The molecule has 23 heavy (non-hydrogen) atoms. The van der Waals surface area contributed by atoms with Gasteiger partial charge in [0.1, 0.15) is 11.8 Å². The summed E-state index contributed by atoms with van der Waals surface area (Å²) in [7, 11) is 1.58. The third kappa shape index (κ3) is 4.86. The second-order valence-corrected chi connectivity index (χ2v) is 5.59. The van der Waals surface area contributed by atoms with Crippen molar-refractivity contribution in [2.24, 2.45) is 0 Å². The number of carbonyl (C=O) groups excluding carboxylic acids is 1. The van der Waals surface area contributed by atoms with Crippen LogP contribution in [-0.4, -0.2) is 36.8 Å². The van der Waals surface area contributed by atoms with Crippen molar-refractivity contribution in [3.05, 3.63) is 29.8 Å². The molecule has 1 aliphatic heterocycles. The van der Waals surface area contributed by atoms with Gasteiger partial charge in [-0.25, -0.2) is 5.01 Å². The number of rotatable bonds is 7. The first-order valence-electron chi connectivity index (χ1n) is 7.66. The first-order chi connectivity index (χ1) is 10.9. The largest absolute Gasteiger partial charge is 0.496 e. The van der Waals surface area contributed by atoms with Crippen molar-refractivity contribution in [1.29, 1.82) is 0 Å². The van der Waals surface area contributed by atoms with E-state index in [4.69, 9.17) is 4.74 Å². The molecule has 1 heterocycles. The maximum Gasteiger partial charge on any atom is 0.405 e. The summed E-state index contributed by atoms with van der Waals surface area (Å²) >= 11 is 0. The highest BCUT2D eigenvalue weighted by Gasteiger charge is 2.45. The van der Waals surface area contributed by atoms with Crippen molar-refractivity contribution >= 4 is 5.91 Å². The molecule has 1 unspecified atom stereocenters. The summed E-state index contributed by atoms with van der Waals surface area (Å²) in [5.41, 5.74) is 3.29. The second-order valence-electron chi connectivity index (χ2n) is 5.59. The van der Waals surface area contributed by atoms with Gasteiger partial charge in [0.05, 0.1) is 7.11 Å². The zero-order valence-electron chi connectivity index (χ0n) is 13.0. The lowest BCUT2D eigenvalue weighted by molar-refractivity contribution is -0.190. The number of hydrazine groups is 1. The van der Waals surface area contributed by atoms with Gasteiger partial charge in [0.25, 0.3) is 0 Å². The first kappa shape index (κ1) is 17.6. The molecule has 1 aliphatic rings. The van der Waals surface area contributed by atoms with Gasteiger partial charge in [-0.1, -0.05) is 24.6 Å². The second kappa shape index (κ2) is 7.68. The van der Waals surface area contributed by atoms with E-state index in [0.29, 0.717) is 19.3 Å². The Labute approximate surface area is 133 Å². The maximum absolute atomic E-state index is 13.2. The van der Waals surface area contributed by atoms with E-state index in [1.54, 1.807) is 7.11 Å². The van der Waals surface area contributed by atoms with Crippen molar-refractivity contribution < 1.29 is 22.7 Å². The lowest BCUT2D eigenvalue weighted by atomic mass is 10.0. The third-order valence-electron chi connectivity index (χ3n) is 3.97. The normalized spacial score (nSPS) is 17.1. The van der Waals surface area contributed by atoms with Crippen molar-refractivity contribution in [3.63, 3.8) is 0 Å². The zero-order chi connectivity index (χ0) is 16.9. The minimum Gasteiger partial charge on any atom is -0.496 e. The Bertz CT molecular complexity index is 534. The predicted molar refractivity (Wildman–Crippen MR) is 79.9 cm³/mol. The van der Waals surface area contributed by atoms with Gasteiger partial charge in [-0.3, -0.25) is 10.2 Å². The van der Waals surface area contributed by atoms with Gasteiger partial charge >= 0.3 is 6.18 Å². The van der Waals surface area contributed by atoms with Crippen molar-refractivity contribution in [2.45, 2.75) is 44.3 Å². The van der Waals surface area contributed by atoms with E-state index >= 15 is 0 Å². The molecule has 0 radical (unpaired) electrons. The summed E-state index contributed by atoms with van der Waals surface area (Å²) in [6, 6.07) is 5.88. The van der Waals surface area contributed by atoms with Gasteiger partial charge in [0.15, 0.2) is 0 Å². The minimum atomic E-state index is -4.35. The number of alkyl halides is 3. The van der Waals surface area contributed by atoms with Crippen molar-refractivity contribution in [1.82, 2.24) is 10.4 Å². The molecule has 128 valence electrons. The Morgan fingerprint density at radius 1 is 1.30 bits per heavy atom. The van der Waals surface area contributed by atoms with Crippen LogP contribution in [-0.2, 0) is 11.2 Å². The fraction of sp³-hybridized carbons (Fsp3) is 0.562. The number of ether oxygens (including phenoxy) is 1. The fourth-order valence-corrected chi connectivity index (χ4v) is 2.79. The number of para-hydroxylation sites is 1. The topological polar surface area (TPSA) is 41.6 Å². The van der Waals surface area contributed by atoms with Crippen LogP contribution in [0.15, 0.2) is 24.3 Å². The molecule has 7 heteroatoms. The maximum atomic E-state index is 13.2. The highest BCUT2D eigenvalue weighted by molar-refractivity contribution is 5.77. The van der Waals surface area contributed by atoms with E-state index in [0.717, 1.165) is 16.3 Å². The van der Waals surface area contributed by atoms with Gasteiger partial charge < -0.3 is 4.74 Å². The molecule has 0 bridgehead atoms. The summed E-state index contributed by atoms with van der Waals surface area (Å²) in [6.07, 6.45) is -2.53. The molecule has 4 nitrogen and oxygen atoms in total. The van der Waals surface area contributed by atoms with Gasteiger partial charge in [0, 0.05) is 13.0 Å². The number of carbonyl (C=O) groups is 1. The monoisotopic (exact) mass is 330 g/mol. The van der Waals surface area contributed by atoms with E-state index in [2.05, 4.69) is 5.43 Å². The highest BCUT2D eigenvalue weighted by Crippen LogP contribution is 2.29. The number of hydrogen-bond acceptors (Lipinski definition) is 3. The summed E-state index contributed by atoms with van der Waals surface area (Å²) in [4.78, 5) is 11.1. The first-order valence-corrected chi connectivity index (χ1v) is 7.66. The van der Waals surface area contributed by atoms with Gasteiger partial charge in [-0.15, -0.1) is 0 Å². The molecule has 1 amide bonds. The molecular formula is C16H21F3N2O2. The molecule has 2 rings (SSSR count). The van der Waals surface area contributed by atoms with Gasteiger partial charge in [-0.2, -0.15) is 13.2 Å². The molecule has 1 fully saturated rings.